The fourth-order valence-corrected chi connectivity index (χ4v) is 2.39. The molecule has 0 fully saturated rings. The summed E-state index contributed by atoms with van der Waals surface area (Å²) in [6.45, 7) is 3.63. The third-order valence-electron chi connectivity index (χ3n) is 3.48. The number of carbonyl (C=O) groups is 2. The first-order chi connectivity index (χ1) is 11.5. The highest BCUT2D eigenvalue weighted by atomic mass is 16.3. The lowest BCUT2D eigenvalue weighted by Gasteiger charge is -2.07. The largest absolute Gasteiger partial charge is 0.441 e. The molecule has 2 aromatic carbocycles. The van der Waals surface area contributed by atoms with Crippen LogP contribution in [0.25, 0.3) is 11.1 Å². The minimum Gasteiger partial charge on any atom is -0.441 e. The van der Waals surface area contributed by atoms with E-state index < -0.39 is 0 Å². The number of carbonyl (C=O) groups excluding carboxylic acids is 2. The number of hydrogen-bond acceptors (Lipinski definition) is 4. The van der Waals surface area contributed by atoms with Crippen LogP contribution in [0, 0.1) is 6.92 Å². The molecule has 122 valence electrons. The molecule has 24 heavy (non-hydrogen) atoms. The number of hydrogen-bond donors (Lipinski definition) is 2. The fraction of sp³-hybridized carbons (Fsp3) is 0.167. The molecule has 0 saturated heterocycles. The number of nitrogens with one attached hydrogen (secondary N) is 2. The molecule has 2 N–H and O–H groups in total. The maximum atomic E-state index is 12.2. The van der Waals surface area contributed by atoms with Crippen LogP contribution >= 0.6 is 0 Å². The molecule has 0 aliphatic carbocycles. The van der Waals surface area contributed by atoms with Crippen molar-refractivity contribution in [2.45, 2.75) is 20.4 Å². The van der Waals surface area contributed by atoms with Gasteiger partial charge >= 0.3 is 0 Å². The van der Waals surface area contributed by atoms with Gasteiger partial charge in [0.2, 0.25) is 5.91 Å². The molecule has 0 unspecified atom stereocenters. The van der Waals surface area contributed by atoms with Gasteiger partial charge in [0.15, 0.2) is 11.5 Å². The van der Waals surface area contributed by atoms with Gasteiger partial charge < -0.3 is 15.1 Å². The van der Waals surface area contributed by atoms with E-state index in [4.69, 9.17) is 4.42 Å². The Balaban J connectivity index is 1.64. The molecule has 1 aromatic heterocycles. The van der Waals surface area contributed by atoms with Crippen LogP contribution in [0.5, 0.6) is 0 Å². The van der Waals surface area contributed by atoms with E-state index >= 15 is 0 Å². The topological polar surface area (TPSA) is 84.2 Å². The maximum Gasteiger partial charge on any atom is 0.251 e. The van der Waals surface area contributed by atoms with E-state index in [1.165, 1.54) is 6.92 Å². The molecule has 0 aliphatic heterocycles. The Kier molecular flexibility index (Phi) is 4.29. The Morgan fingerprint density at radius 1 is 1.12 bits per heavy atom. The average Bonchev–Trinajstić information content (AvgIpc) is 2.92. The van der Waals surface area contributed by atoms with Crippen LogP contribution < -0.4 is 10.6 Å². The van der Waals surface area contributed by atoms with Crippen molar-refractivity contribution in [2.75, 3.05) is 5.32 Å². The molecule has 3 aromatic rings. The van der Waals surface area contributed by atoms with Crippen molar-refractivity contribution in [3.8, 4) is 0 Å². The zero-order valence-electron chi connectivity index (χ0n) is 13.4. The standard InChI is InChI=1S/C18H17N3O3/c1-11(22)20-15-6-4-14(5-7-15)18(23)19-10-13-3-8-16-17(9-13)24-12(2)21-16/h3-9H,10H2,1-2H3,(H,19,23)(H,20,22). The molecule has 0 aliphatic rings. The molecular weight excluding hydrogens is 306 g/mol. The molecule has 0 saturated carbocycles. The van der Waals surface area contributed by atoms with Gasteiger partial charge in [0, 0.05) is 31.6 Å². The lowest BCUT2D eigenvalue weighted by atomic mass is 10.1. The number of benzene rings is 2. The fourth-order valence-electron chi connectivity index (χ4n) is 2.39. The van der Waals surface area contributed by atoms with Crippen LogP contribution in [-0.4, -0.2) is 16.8 Å². The molecule has 6 heteroatoms. The number of amides is 2. The number of nitrogens with zero attached hydrogens (tertiary/aromatic N) is 1. The summed E-state index contributed by atoms with van der Waals surface area (Å²) in [6, 6.07) is 12.4. The molecule has 0 bridgehead atoms. The molecule has 3 rings (SSSR count). The molecule has 0 atom stereocenters. The molecule has 6 nitrogen and oxygen atoms in total. The first-order valence-electron chi connectivity index (χ1n) is 7.53. The SMILES string of the molecule is CC(=O)Nc1ccc(C(=O)NCc2ccc3nc(C)oc3c2)cc1. The number of aryl methyl sites for hydroxylation is 1. The quantitative estimate of drug-likeness (QED) is 0.773. The van der Waals surface area contributed by atoms with E-state index in [9.17, 15) is 9.59 Å². The van der Waals surface area contributed by atoms with Crippen molar-refractivity contribution in [2.24, 2.45) is 0 Å². The summed E-state index contributed by atoms with van der Waals surface area (Å²) in [6.07, 6.45) is 0. The summed E-state index contributed by atoms with van der Waals surface area (Å²) in [5, 5.41) is 5.52. The van der Waals surface area contributed by atoms with Crippen molar-refractivity contribution in [3.05, 3.63) is 59.5 Å². The zero-order valence-corrected chi connectivity index (χ0v) is 13.4. The van der Waals surface area contributed by atoms with Gasteiger partial charge in [-0.2, -0.15) is 0 Å². The summed E-state index contributed by atoms with van der Waals surface area (Å²) in [4.78, 5) is 27.4. The number of anilines is 1. The van der Waals surface area contributed by atoms with E-state index in [0.717, 1.165) is 11.1 Å². The van der Waals surface area contributed by atoms with E-state index in [0.29, 0.717) is 29.3 Å². The number of aromatic nitrogens is 1. The third kappa shape index (κ3) is 3.60. The Hall–Kier alpha value is -3.15. The van der Waals surface area contributed by atoms with Gasteiger partial charge in [0.1, 0.15) is 5.52 Å². The highest BCUT2D eigenvalue weighted by Crippen LogP contribution is 2.17. The highest BCUT2D eigenvalue weighted by molar-refractivity contribution is 5.95. The molecular formula is C18H17N3O3. The number of oxazole rings is 1. The van der Waals surface area contributed by atoms with Crippen LogP contribution in [0.15, 0.2) is 46.9 Å². The van der Waals surface area contributed by atoms with E-state index in [1.807, 2.05) is 18.2 Å². The molecule has 2 amide bonds. The minimum atomic E-state index is -0.182. The second-order valence-electron chi connectivity index (χ2n) is 5.48. The van der Waals surface area contributed by atoms with Gasteiger partial charge in [-0.15, -0.1) is 0 Å². The lowest BCUT2D eigenvalue weighted by Crippen LogP contribution is -2.22. The van der Waals surface area contributed by atoms with Crippen molar-refractivity contribution < 1.29 is 14.0 Å². The van der Waals surface area contributed by atoms with Gasteiger partial charge in [-0.05, 0) is 42.0 Å². The van der Waals surface area contributed by atoms with Crippen molar-refractivity contribution in [1.82, 2.24) is 10.3 Å². The number of rotatable bonds is 4. The summed E-state index contributed by atoms with van der Waals surface area (Å²) >= 11 is 0. The predicted molar refractivity (Wildman–Crippen MR) is 90.7 cm³/mol. The van der Waals surface area contributed by atoms with Crippen LogP contribution in [0.3, 0.4) is 0 Å². The first-order valence-corrected chi connectivity index (χ1v) is 7.53. The van der Waals surface area contributed by atoms with Gasteiger partial charge in [0.25, 0.3) is 5.91 Å². The van der Waals surface area contributed by atoms with E-state index in [2.05, 4.69) is 15.6 Å². The summed E-state index contributed by atoms with van der Waals surface area (Å²) in [7, 11) is 0. The zero-order chi connectivity index (χ0) is 17.1. The smallest absolute Gasteiger partial charge is 0.251 e. The predicted octanol–water partition coefficient (Wildman–Crippen LogP) is 3.02. The van der Waals surface area contributed by atoms with E-state index in [-0.39, 0.29) is 11.8 Å². The van der Waals surface area contributed by atoms with Crippen molar-refractivity contribution in [1.29, 1.82) is 0 Å². The van der Waals surface area contributed by atoms with Crippen LogP contribution in [0.2, 0.25) is 0 Å². The Morgan fingerprint density at radius 3 is 2.58 bits per heavy atom. The summed E-state index contributed by atoms with van der Waals surface area (Å²) in [5.41, 5.74) is 3.63. The van der Waals surface area contributed by atoms with Crippen molar-refractivity contribution >= 4 is 28.6 Å². The normalized spacial score (nSPS) is 10.6. The van der Waals surface area contributed by atoms with Crippen LogP contribution in [0.4, 0.5) is 5.69 Å². The Labute approximate surface area is 138 Å². The van der Waals surface area contributed by atoms with Crippen LogP contribution in [0.1, 0.15) is 28.7 Å². The highest BCUT2D eigenvalue weighted by Gasteiger charge is 2.07. The van der Waals surface area contributed by atoms with Gasteiger partial charge in [-0.3, -0.25) is 9.59 Å². The van der Waals surface area contributed by atoms with Crippen molar-refractivity contribution in [3.63, 3.8) is 0 Å². The molecule has 0 spiro atoms. The maximum absolute atomic E-state index is 12.2. The summed E-state index contributed by atoms with van der Waals surface area (Å²) in [5.74, 6) is 0.286. The van der Waals surface area contributed by atoms with Gasteiger partial charge in [-0.25, -0.2) is 4.98 Å². The summed E-state index contributed by atoms with van der Waals surface area (Å²) < 4.78 is 5.49. The Bertz CT molecular complexity index is 898. The monoisotopic (exact) mass is 323 g/mol. The molecule has 1 heterocycles. The first kappa shape index (κ1) is 15.7. The Morgan fingerprint density at radius 2 is 1.88 bits per heavy atom. The second kappa shape index (κ2) is 6.54. The third-order valence-corrected chi connectivity index (χ3v) is 3.48. The minimum absolute atomic E-state index is 0.148. The number of fused-ring (bicyclic) bond motifs is 1. The van der Waals surface area contributed by atoms with Gasteiger partial charge in [0.05, 0.1) is 0 Å². The van der Waals surface area contributed by atoms with Crippen LogP contribution in [-0.2, 0) is 11.3 Å². The van der Waals surface area contributed by atoms with Gasteiger partial charge in [-0.1, -0.05) is 6.07 Å². The molecule has 0 radical (unpaired) electrons. The second-order valence-corrected chi connectivity index (χ2v) is 5.48. The average molecular weight is 323 g/mol. The van der Waals surface area contributed by atoms with E-state index in [1.54, 1.807) is 31.2 Å². The lowest BCUT2D eigenvalue weighted by molar-refractivity contribution is -0.114.